The minimum atomic E-state index is -4.51. The highest BCUT2D eigenvalue weighted by atomic mass is 19.4. The van der Waals surface area contributed by atoms with E-state index in [0.717, 1.165) is 10.7 Å². The van der Waals surface area contributed by atoms with E-state index in [2.05, 4.69) is 10.4 Å². The highest BCUT2D eigenvalue weighted by Gasteiger charge is 2.33. The Labute approximate surface area is 137 Å². The predicted octanol–water partition coefficient (Wildman–Crippen LogP) is 2.64. The molecule has 1 unspecified atom stereocenters. The van der Waals surface area contributed by atoms with Crippen LogP contribution in [0, 0.1) is 5.92 Å². The molecule has 2 aromatic rings. The van der Waals surface area contributed by atoms with Crippen LogP contribution in [0.3, 0.4) is 0 Å². The summed E-state index contributed by atoms with van der Waals surface area (Å²) in [6.07, 6.45) is -2.74. The van der Waals surface area contributed by atoms with E-state index in [9.17, 15) is 18.0 Å². The van der Waals surface area contributed by atoms with Crippen molar-refractivity contribution in [1.82, 2.24) is 15.1 Å². The first kappa shape index (κ1) is 18.0. The molecule has 0 aliphatic heterocycles. The lowest BCUT2D eigenvalue weighted by molar-refractivity contribution is -0.141. The van der Waals surface area contributed by atoms with Gasteiger partial charge in [-0.25, -0.2) is 4.68 Å². The third-order valence-corrected chi connectivity index (χ3v) is 3.49. The van der Waals surface area contributed by atoms with E-state index >= 15 is 0 Å². The molecular formula is C16H18F3N3O2. The van der Waals surface area contributed by atoms with Crippen LogP contribution in [0.2, 0.25) is 0 Å². The number of nitrogens with one attached hydrogen (secondary N) is 1. The van der Waals surface area contributed by atoms with Crippen molar-refractivity contribution in [2.24, 2.45) is 5.92 Å². The molecule has 1 aromatic heterocycles. The van der Waals surface area contributed by atoms with Gasteiger partial charge in [0.05, 0.1) is 5.69 Å². The van der Waals surface area contributed by atoms with Crippen LogP contribution >= 0.6 is 0 Å². The van der Waals surface area contributed by atoms with Crippen LogP contribution in [0.4, 0.5) is 13.2 Å². The van der Waals surface area contributed by atoms with Crippen LogP contribution in [0.15, 0.2) is 36.5 Å². The average Bonchev–Trinajstić information content (AvgIpc) is 3.03. The van der Waals surface area contributed by atoms with Crippen LogP contribution in [-0.4, -0.2) is 33.9 Å². The number of amides is 1. The van der Waals surface area contributed by atoms with Gasteiger partial charge in [0.1, 0.15) is 0 Å². The van der Waals surface area contributed by atoms with E-state index in [1.54, 1.807) is 18.2 Å². The second kappa shape index (κ2) is 7.48. The second-order valence-electron chi connectivity index (χ2n) is 5.52. The summed E-state index contributed by atoms with van der Waals surface area (Å²) in [6, 6.07) is 7.07. The van der Waals surface area contributed by atoms with Crippen LogP contribution in [-0.2, 0) is 6.18 Å². The van der Waals surface area contributed by atoms with Crippen molar-refractivity contribution in [3.05, 3.63) is 47.8 Å². The van der Waals surface area contributed by atoms with Gasteiger partial charge < -0.3 is 10.4 Å². The van der Waals surface area contributed by atoms with E-state index in [-0.39, 0.29) is 18.4 Å². The summed E-state index contributed by atoms with van der Waals surface area (Å²) in [5, 5.41) is 15.1. The largest absolute Gasteiger partial charge is 0.435 e. The van der Waals surface area contributed by atoms with Gasteiger partial charge in [0.2, 0.25) is 0 Å². The number of halogens is 3. The number of aliphatic hydroxyl groups excluding tert-OH is 1. The summed E-state index contributed by atoms with van der Waals surface area (Å²) in [5.41, 5.74) is -0.301. The number of aromatic nitrogens is 2. The normalized spacial score (nSPS) is 12.9. The molecule has 8 heteroatoms. The summed E-state index contributed by atoms with van der Waals surface area (Å²) >= 11 is 0. The van der Waals surface area contributed by atoms with Gasteiger partial charge >= 0.3 is 6.18 Å². The molecule has 0 bridgehead atoms. The van der Waals surface area contributed by atoms with Gasteiger partial charge in [-0.2, -0.15) is 18.3 Å². The van der Waals surface area contributed by atoms with Crippen molar-refractivity contribution >= 4 is 5.91 Å². The lowest BCUT2D eigenvalue weighted by atomic mass is 10.1. The Hall–Kier alpha value is -2.35. The number of carbonyl (C=O) groups excluding carboxylic acids is 1. The second-order valence-corrected chi connectivity index (χ2v) is 5.52. The molecule has 2 rings (SSSR count). The first-order chi connectivity index (χ1) is 11.3. The molecule has 5 nitrogen and oxygen atoms in total. The van der Waals surface area contributed by atoms with E-state index in [4.69, 9.17) is 5.11 Å². The molecule has 2 N–H and O–H groups in total. The van der Waals surface area contributed by atoms with Crippen molar-refractivity contribution in [3.8, 4) is 5.69 Å². The minimum absolute atomic E-state index is 0.0490. The summed E-state index contributed by atoms with van der Waals surface area (Å²) in [6.45, 7) is 2.35. The van der Waals surface area contributed by atoms with Crippen molar-refractivity contribution in [3.63, 3.8) is 0 Å². The predicted molar refractivity (Wildman–Crippen MR) is 81.8 cm³/mol. The van der Waals surface area contributed by atoms with E-state index in [1.165, 1.54) is 12.3 Å². The fourth-order valence-corrected chi connectivity index (χ4v) is 2.10. The summed E-state index contributed by atoms with van der Waals surface area (Å²) in [7, 11) is 0. The molecule has 0 fully saturated rings. The molecule has 0 aliphatic rings. The zero-order chi connectivity index (χ0) is 17.7. The number of rotatable bonds is 6. The molecule has 1 heterocycles. The van der Waals surface area contributed by atoms with E-state index < -0.39 is 11.9 Å². The van der Waals surface area contributed by atoms with Gasteiger partial charge in [-0.3, -0.25) is 4.79 Å². The summed E-state index contributed by atoms with van der Waals surface area (Å²) < 4.78 is 38.9. The van der Waals surface area contributed by atoms with Crippen LogP contribution < -0.4 is 5.32 Å². The molecular weight excluding hydrogens is 323 g/mol. The van der Waals surface area contributed by atoms with Crippen LogP contribution in [0.5, 0.6) is 0 Å². The van der Waals surface area contributed by atoms with E-state index in [1.807, 2.05) is 6.92 Å². The standard InChI is InChI=1S/C16H18F3N3O2/c1-11(6-8-23)10-20-15(24)12-3-2-4-13(9-12)22-7-5-14(21-22)16(17,18)19/h2-5,7,9,11,23H,6,8,10H2,1H3,(H,20,24). The van der Waals surface area contributed by atoms with Gasteiger partial charge in [-0.15, -0.1) is 0 Å². The Kier molecular flexibility index (Phi) is 5.61. The van der Waals surface area contributed by atoms with E-state index in [0.29, 0.717) is 24.2 Å². The van der Waals surface area contributed by atoms with Crippen molar-refractivity contribution in [2.75, 3.05) is 13.2 Å². The zero-order valence-electron chi connectivity index (χ0n) is 13.0. The van der Waals surface area contributed by atoms with Gasteiger partial charge in [-0.05, 0) is 36.6 Å². The number of nitrogens with zero attached hydrogens (tertiary/aromatic N) is 2. The summed E-state index contributed by atoms with van der Waals surface area (Å²) in [4.78, 5) is 12.1. The van der Waals surface area contributed by atoms with Gasteiger partial charge in [0.25, 0.3) is 5.91 Å². The Morgan fingerprint density at radius 3 is 2.75 bits per heavy atom. The van der Waals surface area contributed by atoms with Gasteiger partial charge in [0.15, 0.2) is 5.69 Å². The first-order valence-corrected chi connectivity index (χ1v) is 7.43. The number of hydrogen-bond acceptors (Lipinski definition) is 3. The Balaban J connectivity index is 2.11. The van der Waals surface area contributed by atoms with Crippen LogP contribution in [0.25, 0.3) is 5.69 Å². The molecule has 0 aliphatic carbocycles. The zero-order valence-corrected chi connectivity index (χ0v) is 13.0. The molecule has 1 aromatic carbocycles. The maximum absolute atomic E-state index is 12.6. The smallest absolute Gasteiger partial charge is 0.396 e. The molecule has 130 valence electrons. The van der Waals surface area contributed by atoms with Crippen molar-refractivity contribution in [2.45, 2.75) is 19.5 Å². The molecule has 0 saturated carbocycles. The minimum Gasteiger partial charge on any atom is -0.396 e. The molecule has 1 amide bonds. The highest BCUT2D eigenvalue weighted by Crippen LogP contribution is 2.27. The van der Waals surface area contributed by atoms with Crippen molar-refractivity contribution in [1.29, 1.82) is 0 Å². The van der Waals surface area contributed by atoms with Crippen LogP contribution in [0.1, 0.15) is 29.4 Å². The van der Waals surface area contributed by atoms with Gasteiger partial charge in [0, 0.05) is 24.9 Å². The fraction of sp³-hybridized carbons (Fsp3) is 0.375. The SMILES string of the molecule is CC(CCO)CNC(=O)c1cccc(-n2ccc(C(F)(F)F)n2)c1. The molecule has 0 radical (unpaired) electrons. The fourth-order valence-electron chi connectivity index (χ4n) is 2.10. The number of carbonyl (C=O) groups is 1. The Morgan fingerprint density at radius 2 is 2.12 bits per heavy atom. The lowest BCUT2D eigenvalue weighted by Gasteiger charge is -2.11. The monoisotopic (exact) mass is 341 g/mol. The molecule has 0 saturated heterocycles. The maximum Gasteiger partial charge on any atom is 0.435 e. The van der Waals surface area contributed by atoms with Crippen molar-refractivity contribution < 1.29 is 23.1 Å². The topological polar surface area (TPSA) is 67.2 Å². The lowest BCUT2D eigenvalue weighted by Crippen LogP contribution is -2.28. The number of alkyl halides is 3. The summed E-state index contributed by atoms with van der Waals surface area (Å²) in [5.74, 6) is -0.201. The average molecular weight is 341 g/mol. The number of benzene rings is 1. The molecule has 1 atom stereocenters. The number of aliphatic hydroxyl groups is 1. The Morgan fingerprint density at radius 1 is 1.38 bits per heavy atom. The third-order valence-electron chi connectivity index (χ3n) is 3.49. The van der Waals surface area contributed by atoms with Gasteiger partial charge in [-0.1, -0.05) is 13.0 Å². The number of hydrogen-bond donors (Lipinski definition) is 2. The molecule has 0 spiro atoms. The highest BCUT2D eigenvalue weighted by molar-refractivity contribution is 5.94. The quantitative estimate of drug-likeness (QED) is 0.849. The third kappa shape index (κ3) is 4.58. The molecule has 24 heavy (non-hydrogen) atoms. The maximum atomic E-state index is 12.6. The Bertz CT molecular complexity index is 698. The first-order valence-electron chi connectivity index (χ1n) is 7.43.